The number of morpholine rings is 1. The average Bonchev–Trinajstić information content (AvgIpc) is 2.74. The van der Waals surface area contributed by atoms with Crippen LogP contribution in [0.3, 0.4) is 0 Å². The van der Waals surface area contributed by atoms with Gasteiger partial charge in [-0.1, -0.05) is 12.1 Å². The topological polar surface area (TPSA) is 56.8 Å². The van der Waals surface area contributed by atoms with Crippen LogP contribution in [0, 0.1) is 0 Å². The number of anilines is 2. The molecule has 0 spiro atoms. The number of ether oxygens (including phenoxy) is 1. The standard InChI is InChI=1S/C22H28N4O2S/c1-16(17-6-10-20(11-7-17)26-12-14-28-15-13-26)23-22(29)24-19-8-4-18(5-9-19)21(27)25(2)3/h4-11,16H,12-15H2,1-3H3,(H2,23,24,29). The molecule has 1 fully saturated rings. The molecular weight excluding hydrogens is 384 g/mol. The molecule has 1 unspecified atom stereocenters. The lowest BCUT2D eigenvalue weighted by molar-refractivity contribution is 0.0827. The number of nitrogens with zero attached hydrogens (tertiary/aromatic N) is 2. The number of amides is 1. The van der Waals surface area contributed by atoms with Crippen molar-refractivity contribution in [3.63, 3.8) is 0 Å². The molecule has 3 rings (SSSR count). The van der Waals surface area contributed by atoms with Gasteiger partial charge >= 0.3 is 0 Å². The molecule has 1 atom stereocenters. The molecule has 154 valence electrons. The zero-order chi connectivity index (χ0) is 20.8. The number of rotatable bonds is 5. The minimum atomic E-state index is -0.0219. The first kappa shape index (κ1) is 21.1. The van der Waals surface area contributed by atoms with Crippen molar-refractivity contribution >= 4 is 34.6 Å². The molecule has 1 amide bonds. The molecule has 1 saturated heterocycles. The lowest BCUT2D eigenvalue weighted by atomic mass is 10.1. The molecule has 29 heavy (non-hydrogen) atoms. The zero-order valence-corrected chi connectivity index (χ0v) is 18.0. The number of thiocarbonyl (C=S) groups is 1. The Bertz CT molecular complexity index is 831. The zero-order valence-electron chi connectivity index (χ0n) is 17.1. The monoisotopic (exact) mass is 412 g/mol. The largest absolute Gasteiger partial charge is 0.378 e. The fourth-order valence-electron chi connectivity index (χ4n) is 3.20. The van der Waals surface area contributed by atoms with Crippen LogP contribution in [0.1, 0.15) is 28.9 Å². The molecule has 6 nitrogen and oxygen atoms in total. The van der Waals surface area contributed by atoms with Crippen molar-refractivity contribution in [1.29, 1.82) is 0 Å². The van der Waals surface area contributed by atoms with Crippen LogP contribution in [0.15, 0.2) is 48.5 Å². The molecule has 0 radical (unpaired) electrons. The highest BCUT2D eigenvalue weighted by atomic mass is 32.1. The summed E-state index contributed by atoms with van der Waals surface area (Å²) >= 11 is 5.45. The van der Waals surface area contributed by atoms with Crippen molar-refractivity contribution in [2.75, 3.05) is 50.6 Å². The predicted molar refractivity (Wildman–Crippen MR) is 122 cm³/mol. The number of nitrogens with one attached hydrogen (secondary N) is 2. The van der Waals surface area contributed by atoms with Gasteiger partial charge in [-0.25, -0.2) is 0 Å². The summed E-state index contributed by atoms with van der Waals surface area (Å²) in [6.07, 6.45) is 0. The SMILES string of the molecule is CC(NC(=S)Nc1ccc(C(=O)N(C)C)cc1)c1ccc(N2CCOCC2)cc1. The molecule has 0 bridgehead atoms. The maximum Gasteiger partial charge on any atom is 0.253 e. The van der Waals surface area contributed by atoms with Gasteiger partial charge in [0.2, 0.25) is 0 Å². The van der Waals surface area contributed by atoms with Gasteiger partial charge in [0.1, 0.15) is 0 Å². The van der Waals surface area contributed by atoms with E-state index in [1.165, 1.54) is 5.69 Å². The Morgan fingerprint density at radius 3 is 2.28 bits per heavy atom. The summed E-state index contributed by atoms with van der Waals surface area (Å²) in [5.74, 6) is -0.0219. The number of carbonyl (C=O) groups is 1. The second-order valence-electron chi connectivity index (χ2n) is 7.29. The van der Waals surface area contributed by atoms with Crippen molar-refractivity contribution < 1.29 is 9.53 Å². The second-order valence-corrected chi connectivity index (χ2v) is 7.70. The van der Waals surface area contributed by atoms with Crippen LogP contribution in [0.4, 0.5) is 11.4 Å². The molecule has 2 aromatic rings. The molecule has 2 N–H and O–H groups in total. The third-order valence-corrected chi connectivity index (χ3v) is 5.13. The molecule has 1 aliphatic rings. The Balaban J connectivity index is 1.54. The van der Waals surface area contributed by atoms with Crippen molar-refractivity contribution in [1.82, 2.24) is 10.2 Å². The molecule has 2 aromatic carbocycles. The summed E-state index contributed by atoms with van der Waals surface area (Å²) < 4.78 is 5.41. The summed E-state index contributed by atoms with van der Waals surface area (Å²) in [5, 5.41) is 7.03. The maximum absolute atomic E-state index is 12.0. The minimum Gasteiger partial charge on any atom is -0.378 e. The summed E-state index contributed by atoms with van der Waals surface area (Å²) in [4.78, 5) is 15.9. The van der Waals surface area contributed by atoms with Crippen molar-refractivity contribution in [2.45, 2.75) is 13.0 Å². The predicted octanol–water partition coefficient (Wildman–Crippen LogP) is 3.27. The van der Waals surface area contributed by atoms with Gasteiger partial charge in [-0.2, -0.15) is 0 Å². The highest BCUT2D eigenvalue weighted by Gasteiger charge is 2.13. The summed E-state index contributed by atoms with van der Waals surface area (Å²) in [5.41, 5.74) is 3.87. The van der Waals surface area contributed by atoms with E-state index >= 15 is 0 Å². The van der Waals surface area contributed by atoms with E-state index in [2.05, 4.69) is 46.7 Å². The third kappa shape index (κ3) is 5.68. The Hall–Kier alpha value is -2.64. The van der Waals surface area contributed by atoms with Gasteiger partial charge in [0, 0.05) is 44.1 Å². The Labute approximate surface area is 177 Å². The third-order valence-electron chi connectivity index (χ3n) is 4.91. The van der Waals surface area contributed by atoms with Crippen LogP contribution in [-0.2, 0) is 4.74 Å². The van der Waals surface area contributed by atoms with Crippen LogP contribution in [0.2, 0.25) is 0 Å². The first-order chi connectivity index (χ1) is 13.9. The van der Waals surface area contributed by atoms with Crippen LogP contribution < -0.4 is 15.5 Å². The van der Waals surface area contributed by atoms with Gasteiger partial charge in [-0.3, -0.25) is 4.79 Å². The summed E-state index contributed by atoms with van der Waals surface area (Å²) in [6.45, 7) is 5.50. The van der Waals surface area contributed by atoms with Gasteiger partial charge in [0.15, 0.2) is 5.11 Å². The summed E-state index contributed by atoms with van der Waals surface area (Å²) in [7, 11) is 3.48. The van der Waals surface area contributed by atoms with Crippen LogP contribution >= 0.6 is 12.2 Å². The lowest BCUT2D eigenvalue weighted by Gasteiger charge is -2.29. The molecule has 0 aromatic heterocycles. The first-order valence-corrected chi connectivity index (χ1v) is 10.2. The van der Waals surface area contributed by atoms with Crippen LogP contribution in [-0.4, -0.2) is 56.3 Å². The van der Waals surface area contributed by atoms with E-state index in [0.717, 1.165) is 37.6 Å². The van der Waals surface area contributed by atoms with Crippen molar-refractivity contribution in [3.05, 3.63) is 59.7 Å². The molecule has 1 heterocycles. The van der Waals surface area contributed by atoms with E-state index in [1.807, 2.05) is 12.1 Å². The maximum atomic E-state index is 12.0. The van der Waals surface area contributed by atoms with E-state index in [0.29, 0.717) is 10.7 Å². The van der Waals surface area contributed by atoms with Crippen LogP contribution in [0.25, 0.3) is 0 Å². The Kier molecular flexibility index (Phi) is 7.06. The van der Waals surface area contributed by atoms with E-state index in [4.69, 9.17) is 17.0 Å². The number of hydrogen-bond donors (Lipinski definition) is 2. The summed E-state index contributed by atoms with van der Waals surface area (Å²) in [6, 6.07) is 15.9. The highest BCUT2D eigenvalue weighted by Crippen LogP contribution is 2.20. The Morgan fingerprint density at radius 2 is 1.69 bits per heavy atom. The van der Waals surface area contributed by atoms with Gasteiger partial charge in [-0.15, -0.1) is 0 Å². The second kappa shape index (κ2) is 9.71. The van der Waals surface area contributed by atoms with Gasteiger partial charge in [0.05, 0.1) is 19.3 Å². The Morgan fingerprint density at radius 1 is 1.07 bits per heavy atom. The van der Waals surface area contributed by atoms with Gasteiger partial charge < -0.3 is 25.2 Å². The fourth-order valence-corrected chi connectivity index (χ4v) is 3.49. The smallest absolute Gasteiger partial charge is 0.253 e. The molecular formula is C22H28N4O2S. The lowest BCUT2D eigenvalue weighted by Crippen LogP contribution is -2.36. The number of benzene rings is 2. The highest BCUT2D eigenvalue weighted by molar-refractivity contribution is 7.80. The minimum absolute atomic E-state index is 0.0219. The van der Waals surface area contributed by atoms with E-state index < -0.39 is 0 Å². The first-order valence-electron chi connectivity index (χ1n) is 9.76. The number of carbonyl (C=O) groups excluding carboxylic acids is 1. The van der Waals surface area contributed by atoms with E-state index in [1.54, 1.807) is 31.1 Å². The normalized spacial score (nSPS) is 14.8. The van der Waals surface area contributed by atoms with E-state index in [-0.39, 0.29) is 11.9 Å². The molecule has 1 aliphatic heterocycles. The van der Waals surface area contributed by atoms with Crippen molar-refractivity contribution in [2.24, 2.45) is 0 Å². The van der Waals surface area contributed by atoms with E-state index in [9.17, 15) is 4.79 Å². The quantitative estimate of drug-likeness (QED) is 0.735. The molecule has 7 heteroatoms. The average molecular weight is 413 g/mol. The van der Waals surface area contributed by atoms with Crippen molar-refractivity contribution in [3.8, 4) is 0 Å². The number of hydrogen-bond acceptors (Lipinski definition) is 4. The van der Waals surface area contributed by atoms with Crippen LogP contribution in [0.5, 0.6) is 0 Å². The molecule has 0 aliphatic carbocycles. The molecule has 0 saturated carbocycles. The van der Waals surface area contributed by atoms with Gasteiger partial charge in [0.25, 0.3) is 5.91 Å². The fraction of sp³-hybridized carbons (Fsp3) is 0.364. The van der Waals surface area contributed by atoms with Gasteiger partial charge in [-0.05, 0) is 61.1 Å².